The summed E-state index contributed by atoms with van der Waals surface area (Å²) < 4.78 is 42.0. The molecule has 0 saturated heterocycles. The molecule has 0 amide bonds. The van der Waals surface area contributed by atoms with Crippen molar-refractivity contribution in [2.45, 2.75) is 72.5 Å². The summed E-state index contributed by atoms with van der Waals surface area (Å²) in [5.41, 5.74) is 43.4. The van der Waals surface area contributed by atoms with Crippen molar-refractivity contribution in [1.29, 1.82) is 0 Å². The predicted molar refractivity (Wildman–Crippen MR) is 367 cm³/mol. The van der Waals surface area contributed by atoms with Crippen LogP contribution in [0.2, 0.25) is 0 Å². The van der Waals surface area contributed by atoms with Crippen molar-refractivity contribution in [3.63, 3.8) is 0 Å². The van der Waals surface area contributed by atoms with E-state index in [4.69, 9.17) is 33.4 Å². The Morgan fingerprint density at radius 3 is 1.31 bits per heavy atom. The molecule has 7 heterocycles. The number of nitrogens with one attached hydrogen (secondary N) is 1. The summed E-state index contributed by atoms with van der Waals surface area (Å²) in [6, 6.07) is 46.7. The first-order valence-corrected chi connectivity index (χ1v) is 31.7. The number of ether oxygens (including phenoxy) is 1. The van der Waals surface area contributed by atoms with Crippen LogP contribution >= 0.6 is 0 Å². The molecule has 0 spiro atoms. The van der Waals surface area contributed by atoms with Crippen LogP contribution in [0.3, 0.4) is 0 Å². The summed E-state index contributed by atoms with van der Waals surface area (Å²) in [6.45, 7) is 9.69. The maximum absolute atomic E-state index is 14.5. The van der Waals surface area contributed by atoms with E-state index < -0.39 is 9.84 Å². The number of aromatic nitrogens is 12. The number of nitrogens with two attached hydrogens (primary N) is 5. The fourth-order valence-corrected chi connectivity index (χ4v) is 9.78. The van der Waals surface area contributed by atoms with Gasteiger partial charge in [-0.25, -0.2) is 62.6 Å². The third-order valence-corrected chi connectivity index (χ3v) is 14.4. The fraction of sp³-hybridized carbons (Fsp3) is 0.203. The molecule has 0 saturated carbocycles. The second-order valence-corrected chi connectivity index (χ2v) is 22.9. The highest BCUT2D eigenvalue weighted by Gasteiger charge is 2.13. The number of halogens is 1. The number of hydrogen-bond acceptors (Lipinski definition) is 22. The summed E-state index contributed by atoms with van der Waals surface area (Å²) in [5.74, 6) is 2.24. The lowest BCUT2D eigenvalue weighted by atomic mass is 10.0. The Bertz CT molecular complexity index is 4370. The molecule has 24 heteroatoms. The van der Waals surface area contributed by atoms with Crippen molar-refractivity contribution < 1.29 is 22.3 Å². The average molecular weight is 1270 g/mol. The van der Waals surface area contributed by atoms with E-state index in [9.17, 15) is 17.6 Å². The van der Waals surface area contributed by atoms with E-state index in [0.29, 0.717) is 41.3 Å². The zero-order valence-electron chi connectivity index (χ0n) is 53.1. The molecule has 11 N–H and O–H groups in total. The molecule has 22 nitrogen and oxygen atoms in total. The Balaban J connectivity index is 0.000000166. The van der Waals surface area contributed by atoms with Gasteiger partial charge in [0.05, 0.1) is 41.3 Å². The van der Waals surface area contributed by atoms with Gasteiger partial charge in [0.1, 0.15) is 17.4 Å². The van der Waals surface area contributed by atoms with Gasteiger partial charge in [-0.05, 0) is 109 Å². The highest BCUT2D eigenvalue weighted by molar-refractivity contribution is 7.89. The fourth-order valence-electron chi connectivity index (χ4n) is 8.98. The molecule has 478 valence electrons. The standard InChI is InChI=1S/C17H15FN4.C15H17N3O.C14H17N3O2S.C12H14N4O.C11H12N4/c1-20-16-10-15(21-17(19)22-16)13-8-7-12(9-14(13)18)11-5-3-2-4-6-11;1-3-13-9-14(18-15(16)17-13)12-6-4-11(5-7-12)8-10(2)19;1-3-12-8-13(17-14(15)16-12)11-6-4-10(5-7-11)9-20(2,18)19;1-3-9-6-10(16-12(13)15-9)8-4-5-11(17-2)14-7-8;1-2-9-7-10(15-11(12)14-9)8-3-5-13-6-4-8/h2-10H,1H3,(H3,19,20,21,22);4-7,9H,3,8H2,1-2H3,(H2,16,17,18);4-8H,3,9H2,1-2H3,(H2,15,16,17);4-7H,3H2,1-2H3,(H2,13,15,16);3-7H,2H2,1H3,(H2,12,14,15). The van der Waals surface area contributed by atoms with Crippen molar-refractivity contribution >= 4 is 51.2 Å². The molecular weight excluding hydrogens is 1200 g/mol. The lowest BCUT2D eigenvalue weighted by Crippen LogP contribution is -2.01. The maximum Gasteiger partial charge on any atom is 0.222 e. The lowest BCUT2D eigenvalue weighted by molar-refractivity contribution is -0.116. The van der Waals surface area contributed by atoms with Crippen LogP contribution in [0.1, 0.15) is 68.5 Å². The number of aryl methyl sites for hydroxylation is 4. The van der Waals surface area contributed by atoms with Crippen LogP contribution in [0.25, 0.3) is 67.4 Å². The van der Waals surface area contributed by atoms with Gasteiger partial charge in [-0.15, -0.1) is 0 Å². The van der Waals surface area contributed by atoms with Crippen molar-refractivity contribution in [3.05, 3.63) is 210 Å². The third kappa shape index (κ3) is 21.5. The number of methoxy groups -OCH3 is 1. The Hall–Kier alpha value is -11.3. The van der Waals surface area contributed by atoms with Gasteiger partial charge in [0.25, 0.3) is 0 Å². The number of benzene rings is 4. The van der Waals surface area contributed by atoms with E-state index in [1.807, 2.05) is 143 Å². The first-order valence-electron chi connectivity index (χ1n) is 29.6. The van der Waals surface area contributed by atoms with E-state index >= 15 is 0 Å². The largest absolute Gasteiger partial charge is 0.481 e. The molecule has 0 atom stereocenters. The minimum atomic E-state index is -3.02. The van der Waals surface area contributed by atoms with Crippen LogP contribution in [0.5, 0.6) is 5.88 Å². The number of ketones is 1. The molecule has 0 unspecified atom stereocenters. The van der Waals surface area contributed by atoms with E-state index in [1.165, 1.54) is 12.3 Å². The number of nitrogen functional groups attached to an aromatic ring is 5. The minimum Gasteiger partial charge on any atom is -0.481 e. The van der Waals surface area contributed by atoms with Gasteiger partial charge in [0.15, 0.2) is 9.84 Å². The predicted octanol–water partition coefficient (Wildman–Crippen LogP) is 11.2. The molecule has 93 heavy (non-hydrogen) atoms. The van der Waals surface area contributed by atoms with Crippen LogP contribution in [-0.4, -0.2) is 94.4 Å². The van der Waals surface area contributed by atoms with Crippen LogP contribution < -0.4 is 38.7 Å². The topological polar surface area (TPSA) is 357 Å². The molecule has 0 bridgehead atoms. The molecule has 0 radical (unpaired) electrons. The second kappa shape index (κ2) is 33.5. The van der Waals surface area contributed by atoms with Gasteiger partial charge in [0, 0.05) is 101 Å². The van der Waals surface area contributed by atoms with E-state index in [2.05, 4.69) is 65.1 Å². The second-order valence-electron chi connectivity index (χ2n) is 20.8. The first-order chi connectivity index (χ1) is 44.6. The molecule has 11 aromatic rings. The Morgan fingerprint density at radius 1 is 0.484 bits per heavy atom. The summed E-state index contributed by atoms with van der Waals surface area (Å²) in [6.07, 6.45) is 10.1. The van der Waals surface area contributed by atoms with Crippen molar-refractivity contribution in [2.24, 2.45) is 0 Å². The molecule has 7 aromatic heterocycles. The van der Waals surface area contributed by atoms with Gasteiger partial charge < -0.3 is 38.7 Å². The van der Waals surface area contributed by atoms with E-state index in [-0.39, 0.29) is 35.2 Å². The highest BCUT2D eigenvalue weighted by Crippen LogP contribution is 2.29. The highest BCUT2D eigenvalue weighted by atomic mass is 32.2. The summed E-state index contributed by atoms with van der Waals surface area (Å²) in [5, 5.41) is 2.88. The Morgan fingerprint density at radius 2 is 0.903 bits per heavy atom. The Kier molecular flexibility index (Phi) is 24.9. The number of pyridine rings is 2. The monoisotopic (exact) mass is 1270 g/mol. The molecule has 4 aromatic carbocycles. The van der Waals surface area contributed by atoms with Gasteiger partial charge in [-0.3, -0.25) is 9.78 Å². The quantitative estimate of drug-likeness (QED) is 0.0523. The zero-order valence-corrected chi connectivity index (χ0v) is 53.9. The van der Waals surface area contributed by atoms with Crippen LogP contribution in [0.15, 0.2) is 170 Å². The van der Waals surface area contributed by atoms with Gasteiger partial charge >= 0.3 is 0 Å². The molecule has 0 aliphatic heterocycles. The number of rotatable bonds is 16. The number of carbonyl (C=O) groups is 1. The van der Waals surface area contributed by atoms with E-state index in [0.717, 1.165) is 116 Å². The molecule has 0 aliphatic rings. The van der Waals surface area contributed by atoms with Crippen molar-refractivity contribution in [3.8, 4) is 73.3 Å². The third-order valence-electron chi connectivity index (χ3n) is 13.6. The first kappa shape index (κ1) is 69.2. The lowest BCUT2D eigenvalue weighted by Gasteiger charge is -2.08. The van der Waals surface area contributed by atoms with Crippen molar-refractivity contribution in [2.75, 3.05) is 54.4 Å². The van der Waals surface area contributed by atoms with Crippen LogP contribution in [-0.2, 0) is 52.5 Å². The molecule has 0 fully saturated rings. The smallest absolute Gasteiger partial charge is 0.222 e. The number of sulfone groups is 1. The van der Waals surface area contributed by atoms with Gasteiger partial charge in [0.2, 0.25) is 35.6 Å². The number of carbonyl (C=O) groups excluding carboxylic acids is 1. The SMILES string of the molecule is CCc1cc(-c2ccc(CC(C)=O)cc2)nc(N)n1.CCc1cc(-c2ccc(CS(C)(=O)=O)cc2)nc(N)n1.CCc1cc(-c2ccc(OC)nc2)nc(N)n1.CCc1cc(-c2ccncc2)nc(N)n1.CNc1cc(-c2ccc(-c3ccccc3)cc2F)nc(N)n1. The normalized spacial score (nSPS) is 10.6. The van der Waals surface area contributed by atoms with Crippen LogP contribution in [0.4, 0.5) is 39.9 Å². The minimum absolute atomic E-state index is 0.0411. The number of anilines is 6. The van der Waals surface area contributed by atoms with Gasteiger partial charge in [-0.2, -0.15) is 4.98 Å². The van der Waals surface area contributed by atoms with Crippen molar-refractivity contribution in [1.82, 2.24) is 59.8 Å². The maximum atomic E-state index is 14.5. The molecule has 11 rings (SSSR count). The Labute approximate surface area is 540 Å². The summed E-state index contributed by atoms with van der Waals surface area (Å²) in [4.78, 5) is 60.6. The summed E-state index contributed by atoms with van der Waals surface area (Å²) in [7, 11) is 0.288. The zero-order chi connectivity index (χ0) is 67.0. The average Bonchev–Trinajstić information content (AvgIpc) is 2.08. The molecule has 0 aliphatic carbocycles. The van der Waals surface area contributed by atoms with Gasteiger partial charge in [-0.1, -0.05) is 113 Å². The van der Waals surface area contributed by atoms with E-state index in [1.54, 1.807) is 70.0 Å². The number of hydrogen-bond donors (Lipinski definition) is 6. The number of nitrogens with zero attached hydrogens (tertiary/aromatic N) is 12. The number of Topliss-reactive ketones (excluding diaryl/α,β-unsaturated/α-hetero) is 1. The summed E-state index contributed by atoms with van der Waals surface area (Å²) >= 11 is 0. The molecular formula is C69H75FN18O4S. The van der Waals surface area contributed by atoms with Crippen LogP contribution in [0, 0.1) is 5.82 Å².